The van der Waals surface area contributed by atoms with Crippen LogP contribution in [0.5, 0.6) is 0 Å². The smallest absolute Gasteiger partial charge is 0.261 e. The zero-order chi connectivity index (χ0) is 15.6. The van der Waals surface area contributed by atoms with Crippen LogP contribution in [0.2, 0.25) is 0 Å². The van der Waals surface area contributed by atoms with Gasteiger partial charge in [-0.15, -0.1) is 17.9 Å². The SMILES string of the molecule is C=CCNC(=O)c1sc2nc(CN(C)C)[nH]c(=O)c2c1C. The van der Waals surface area contributed by atoms with E-state index in [0.29, 0.717) is 39.6 Å². The predicted molar refractivity (Wildman–Crippen MR) is 84.9 cm³/mol. The fourth-order valence-corrected chi connectivity index (χ4v) is 3.14. The van der Waals surface area contributed by atoms with Gasteiger partial charge in [0, 0.05) is 6.54 Å². The van der Waals surface area contributed by atoms with Gasteiger partial charge in [0.2, 0.25) is 0 Å². The number of H-pyrrole nitrogens is 1. The van der Waals surface area contributed by atoms with Gasteiger partial charge >= 0.3 is 0 Å². The molecule has 2 aromatic rings. The van der Waals surface area contributed by atoms with Crippen molar-refractivity contribution >= 4 is 27.5 Å². The summed E-state index contributed by atoms with van der Waals surface area (Å²) in [6, 6.07) is 0. The molecule has 0 aliphatic heterocycles. The van der Waals surface area contributed by atoms with Gasteiger partial charge < -0.3 is 15.2 Å². The number of aryl methyl sites for hydroxylation is 1. The van der Waals surface area contributed by atoms with Crippen LogP contribution in [0.4, 0.5) is 0 Å². The molecule has 0 aliphatic rings. The Morgan fingerprint density at radius 3 is 2.86 bits per heavy atom. The van der Waals surface area contributed by atoms with Crippen molar-refractivity contribution in [3.63, 3.8) is 0 Å². The Bertz CT molecular complexity index is 745. The number of amides is 1. The summed E-state index contributed by atoms with van der Waals surface area (Å²) >= 11 is 1.24. The summed E-state index contributed by atoms with van der Waals surface area (Å²) in [6.45, 7) is 6.26. The van der Waals surface area contributed by atoms with Gasteiger partial charge in [0.05, 0.1) is 16.8 Å². The molecule has 0 spiro atoms. The van der Waals surface area contributed by atoms with E-state index in [1.165, 1.54) is 11.3 Å². The first-order valence-electron chi connectivity index (χ1n) is 6.50. The first-order chi connectivity index (χ1) is 9.93. The standard InChI is InChI=1S/C14H18N4O2S/c1-5-6-15-13(20)11-8(2)10-12(19)16-9(7-18(3)4)17-14(10)21-11/h5H,1,6-7H2,2-4H3,(H,15,20)(H,16,17,19). The average Bonchev–Trinajstić information content (AvgIpc) is 2.72. The van der Waals surface area contributed by atoms with Crippen LogP contribution in [-0.2, 0) is 6.54 Å². The minimum absolute atomic E-state index is 0.201. The molecule has 6 nitrogen and oxygen atoms in total. The Kier molecular flexibility index (Phi) is 4.54. The number of thiophene rings is 1. The second-order valence-electron chi connectivity index (χ2n) is 4.99. The van der Waals surface area contributed by atoms with E-state index in [4.69, 9.17) is 0 Å². The molecule has 7 heteroatoms. The Labute approximate surface area is 126 Å². The highest BCUT2D eigenvalue weighted by Gasteiger charge is 2.18. The Balaban J connectivity index is 2.49. The summed E-state index contributed by atoms with van der Waals surface area (Å²) in [5.74, 6) is 0.390. The fourth-order valence-electron chi connectivity index (χ4n) is 2.02. The van der Waals surface area contributed by atoms with E-state index in [2.05, 4.69) is 21.9 Å². The normalized spacial score (nSPS) is 11.0. The summed E-state index contributed by atoms with van der Waals surface area (Å²) in [5, 5.41) is 3.21. The van der Waals surface area contributed by atoms with E-state index in [9.17, 15) is 9.59 Å². The quantitative estimate of drug-likeness (QED) is 0.816. The highest BCUT2D eigenvalue weighted by atomic mass is 32.1. The lowest BCUT2D eigenvalue weighted by molar-refractivity contribution is 0.0961. The third-order valence-electron chi connectivity index (χ3n) is 2.93. The number of hydrogen-bond donors (Lipinski definition) is 2. The van der Waals surface area contributed by atoms with Crippen LogP contribution >= 0.6 is 11.3 Å². The Morgan fingerprint density at radius 2 is 2.24 bits per heavy atom. The molecule has 2 N–H and O–H groups in total. The molecular weight excluding hydrogens is 288 g/mol. The van der Waals surface area contributed by atoms with Crippen molar-refractivity contribution in [1.29, 1.82) is 0 Å². The molecule has 2 heterocycles. The molecule has 0 aromatic carbocycles. The van der Waals surface area contributed by atoms with E-state index in [1.54, 1.807) is 13.0 Å². The Morgan fingerprint density at radius 1 is 1.52 bits per heavy atom. The number of hydrogen-bond acceptors (Lipinski definition) is 5. The van der Waals surface area contributed by atoms with Crippen molar-refractivity contribution in [3.05, 3.63) is 39.3 Å². The van der Waals surface area contributed by atoms with Gasteiger partial charge in [0.1, 0.15) is 10.7 Å². The largest absolute Gasteiger partial charge is 0.348 e. The van der Waals surface area contributed by atoms with Crippen LogP contribution in [0, 0.1) is 6.92 Å². The van der Waals surface area contributed by atoms with Crippen molar-refractivity contribution in [2.24, 2.45) is 0 Å². The highest BCUT2D eigenvalue weighted by molar-refractivity contribution is 7.20. The zero-order valence-corrected chi connectivity index (χ0v) is 13.1. The van der Waals surface area contributed by atoms with Gasteiger partial charge in [-0.1, -0.05) is 6.08 Å². The molecule has 21 heavy (non-hydrogen) atoms. The first-order valence-corrected chi connectivity index (χ1v) is 7.31. The lowest BCUT2D eigenvalue weighted by Crippen LogP contribution is -2.23. The number of nitrogens with zero attached hydrogens (tertiary/aromatic N) is 2. The molecular formula is C14H18N4O2S. The number of aromatic nitrogens is 2. The van der Waals surface area contributed by atoms with E-state index >= 15 is 0 Å². The number of nitrogens with one attached hydrogen (secondary N) is 2. The van der Waals surface area contributed by atoms with Crippen molar-refractivity contribution in [3.8, 4) is 0 Å². The average molecular weight is 306 g/mol. The molecule has 2 aromatic heterocycles. The maximum atomic E-state index is 12.2. The van der Waals surface area contributed by atoms with E-state index < -0.39 is 0 Å². The van der Waals surface area contributed by atoms with Crippen LogP contribution in [-0.4, -0.2) is 41.4 Å². The van der Waals surface area contributed by atoms with Crippen molar-refractivity contribution in [1.82, 2.24) is 20.2 Å². The Hall–Kier alpha value is -1.99. The monoisotopic (exact) mass is 306 g/mol. The maximum absolute atomic E-state index is 12.2. The van der Waals surface area contributed by atoms with Gasteiger partial charge in [-0.05, 0) is 26.6 Å². The summed E-state index contributed by atoms with van der Waals surface area (Å²) in [6.07, 6.45) is 1.61. The van der Waals surface area contributed by atoms with Crippen LogP contribution < -0.4 is 10.9 Å². The molecule has 0 aliphatic carbocycles. The molecule has 0 unspecified atom stereocenters. The maximum Gasteiger partial charge on any atom is 0.261 e. The third kappa shape index (κ3) is 3.20. The van der Waals surface area contributed by atoms with Crippen LogP contribution in [0.3, 0.4) is 0 Å². The highest BCUT2D eigenvalue weighted by Crippen LogP contribution is 2.26. The van der Waals surface area contributed by atoms with Crippen molar-refractivity contribution in [2.45, 2.75) is 13.5 Å². The van der Waals surface area contributed by atoms with Crippen LogP contribution in [0.1, 0.15) is 21.1 Å². The molecule has 1 amide bonds. The lowest BCUT2D eigenvalue weighted by Gasteiger charge is -2.07. The van der Waals surface area contributed by atoms with Crippen molar-refractivity contribution in [2.75, 3.05) is 20.6 Å². The minimum atomic E-state index is -0.205. The topological polar surface area (TPSA) is 78.1 Å². The minimum Gasteiger partial charge on any atom is -0.348 e. The number of fused-ring (bicyclic) bond motifs is 1. The van der Waals surface area contributed by atoms with E-state index in [1.807, 2.05) is 19.0 Å². The third-order valence-corrected chi connectivity index (χ3v) is 4.11. The van der Waals surface area contributed by atoms with E-state index in [-0.39, 0.29) is 11.5 Å². The number of aromatic amines is 1. The van der Waals surface area contributed by atoms with Gasteiger partial charge in [-0.3, -0.25) is 9.59 Å². The van der Waals surface area contributed by atoms with Gasteiger partial charge in [0.25, 0.3) is 11.5 Å². The van der Waals surface area contributed by atoms with Crippen LogP contribution in [0.15, 0.2) is 17.4 Å². The predicted octanol–water partition coefficient (Wildman–Crippen LogP) is 1.27. The second kappa shape index (κ2) is 6.19. The molecule has 0 saturated heterocycles. The van der Waals surface area contributed by atoms with Crippen LogP contribution in [0.25, 0.3) is 10.2 Å². The molecule has 0 atom stereocenters. The fraction of sp³-hybridized carbons (Fsp3) is 0.357. The number of rotatable bonds is 5. The van der Waals surface area contributed by atoms with Gasteiger partial charge in [-0.2, -0.15) is 0 Å². The summed E-state index contributed by atoms with van der Waals surface area (Å²) < 4.78 is 0. The number of carbonyl (C=O) groups is 1. The molecule has 0 bridgehead atoms. The number of carbonyl (C=O) groups excluding carboxylic acids is 1. The van der Waals surface area contributed by atoms with E-state index in [0.717, 1.165) is 0 Å². The van der Waals surface area contributed by atoms with Crippen molar-refractivity contribution < 1.29 is 4.79 Å². The van der Waals surface area contributed by atoms with Gasteiger partial charge in [0.15, 0.2) is 0 Å². The lowest BCUT2D eigenvalue weighted by atomic mass is 10.2. The zero-order valence-electron chi connectivity index (χ0n) is 12.3. The molecule has 0 saturated carbocycles. The van der Waals surface area contributed by atoms with Gasteiger partial charge in [-0.25, -0.2) is 4.98 Å². The molecule has 2 rings (SSSR count). The second-order valence-corrected chi connectivity index (χ2v) is 5.98. The summed E-state index contributed by atoms with van der Waals surface area (Å²) in [5.41, 5.74) is 0.468. The molecule has 112 valence electrons. The first kappa shape index (κ1) is 15.4. The summed E-state index contributed by atoms with van der Waals surface area (Å²) in [7, 11) is 3.80. The summed E-state index contributed by atoms with van der Waals surface area (Å²) in [4.78, 5) is 34.5. The molecule has 0 fully saturated rings. The molecule has 0 radical (unpaired) electrons.